The maximum absolute atomic E-state index is 13.2. The standard InChI is InChI=1S/C25H40N4O4/c1-18(2)32-14-13-27-12-11-23(26)28-25(31)22(15-19-7-3-4-8-19)29-17-21(16-24(29)30)33-20-9-5-6-10-20/h11-12,16,18-20,22,27H,3-10,13-15,17H2,1-2H3,(H2,26,28,31)/b12-11-/t22-/m0/s1. The van der Waals surface area contributed by atoms with Crippen LogP contribution in [0.2, 0.25) is 0 Å². The zero-order chi connectivity index (χ0) is 23.6. The Morgan fingerprint density at radius 3 is 2.61 bits per heavy atom. The minimum atomic E-state index is -0.595. The van der Waals surface area contributed by atoms with E-state index in [1.165, 1.54) is 18.9 Å². The van der Waals surface area contributed by atoms with Gasteiger partial charge in [-0.25, -0.2) is 0 Å². The zero-order valence-corrected chi connectivity index (χ0v) is 20.1. The number of hydrogen-bond donors (Lipinski definition) is 3. The highest BCUT2D eigenvalue weighted by Crippen LogP contribution is 2.32. The van der Waals surface area contributed by atoms with Gasteiger partial charge in [0.15, 0.2) is 0 Å². The molecule has 2 aliphatic carbocycles. The number of amidine groups is 1. The quantitative estimate of drug-likeness (QED) is 0.236. The van der Waals surface area contributed by atoms with E-state index in [2.05, 4.69) is 10.6 Å². The predicted molar refractivity (Wildman–Crippen MR) is 128 cm³/mol. The number of rotatable bonds is 12. The number of carbonyl (C=O) groups is 2. The monoisotopic (exact) mass is 460 g/mol. The van der Waals surface area contributed by atoms with Crippen molar-refractivity contribution in [1.29, 1.82) is 5.41 Å². The number of nitrogens with one attached hydrogen (secondary N) is 3. The number of carbonyl (C=O) groups excluding carboxylic acids is 2. The molecule has 3 N–H and O–H groups in total. The van der Waals surface area contributed by atoms with Crippen molar-refractivity contribution in [1.82, 2.24) is 15.5 Å². The molecular weight excluding hydrogens is 420 g/mol. The molecule has 2 saturated carbocycles. The summed E-state index contributed by atoms with van der Waals surface area (Å²) in [5, 5.41) is 13.8. The van der Waals surface area contributed by atoms with E-state index in [-0.39, 0.29) is 29.9 Å². The first-order valence-corrected chi connectivity index (χ1v) is 12.5. The van der Waals surface area contributed by atoms with Crippen LogP contribution in [0.3, 0.4) is 0 Å². The Morgan fingerprint density at radius 2 is 1.91 bits per heavy atom. The molecule has 0 radical (unpaired) electrons. The number of nitrogens with zero attached hydrogens (tertiary/aromatic N) is 1. The van der Waals surface area contributed by atoms with Crippen LogP contribution in [-0.4, -0.2) is 60.5 Å². The fourth-order valence-electron chi connectivity index (χ4n) is 4.84. The van der Waals surface area contributed by atoms with Gasteiger partial charge in [0.25, 0.3) is 5.91 Å². The summed E-state index contributed by atoms with van der Waals surface area (Å²) < 4.78 is 11.5. The van der Waals surface area contributed by atoms with Crippen LogP contribution >= 0.6 is 0 Å². The van der Waals surface area contributed by atoms with E-state index in [9.17, 15) is 9.59 Å². The first-order chi connectivity index (χ1) is 15.9. The van der Waals surface area contributed by atoms with E-state index in [0.29, 0.717) is 37.8 Å². The van der Waals surface area contributed by atoms with E-state index in [4.69, 9.17) is 14.9 Å². The summed E-state index contributed by atoms with van der Waals surface area (Å²) in [6.07, 6.45) is 14.6. The van der Waals surface area contributed by atoms with Crippen LogP contribution in [0.5, 0.6) is 0 Å². The van der Waals surface area contributed by atoms with Crippen LogP contribution in [0.1, 0.15) is 71.6 Å². The van der Waals surface area contributed by atoms with Crippen LogP contribution in [0.25, 0.3) is 0 Å². The van der Waals surface area contributed by atoms with Gasteiger partial charge in [-0.2, -0.15) is 0 Å². The average Bonchev–Trinajstić information content (AvgIpc) is 3.52. The lowest BCUT2D eigenvalue weighted by molar-refractivity contribution is -0.135. The smallest absolute Gasteiger partial charge is 0.251 e. The molecular formula is C25H40N4O4. The summed E-state index contributed by atoms with van der Waals surface area (Å²) >= 11 is 0. The van der Waals surface area contributed by atoms with Crippen molar-refractivity contribution in [3.8, 4) is 0 Å². The van der Waals surface area contributed by atoms with Gasteiger partial charge in [-0.3, -0.25) is 15.0 Å². The minimum Gasteiger partial charge on any atom is -0.493 e. The minimum absolute atomic E-state index is 0.00395. The highest BCUT2D eigenvalue weighted by atomic mass is 16.5. The van der Waals surface area contributed by atoms with Gasteiger partial charge in [0.2, 0.25) is 5.91 Å². The highest BCUT2D eigenvalue weighted by molar-refractivity contribution is 6.05. The molecule has 8 heteroatoms. The molecule has 0 saturated heterocycles. The van der Waals surface area contributed by atoms with Gasteiger partial charge in [0, 0.05) is 18.8 Å². The van der Waals surface area contributed by atoms with Gasteiger partial charge in [-0.05, 0) is 57.9 Å². The van der Waals surface area contributed by atoms with Gasteiger partial charge in [-0.15, -0.1) is 0 Å². The third-order valence-electron chi connectivity index (χ3n) is 6.55. The van der Waals surface area contributed by atoms with Gasteiger partial charge in [-0.1, -0.05) is 25.7 Å². The van der Waals surface area contributed by atoms with Gasteiger partial charge >= 0.3 is 0 Å². The summed E-state index contributed by atoms with van der Waals surface area (Å²) in [6, 6.07) is -0.595. The average molecular weight is 461 g/mol. The van der Waals surface area contributed by atoms with Crippen LogP contribution in [0.15, 0.2) is 24.1 Å². The normalized spacial score (nSPS) is 20.6. The highest BCUT2D eigenvalue weighted by Gasteiger charge is 2.37. The van der Waals surface area contributed by atoms with Crippen LogP contribution in [0.4, 0.5) is 0 Å². The summed E-state index contributed by atoms with van der Waals surface area (Å²) in [5.41, 5.74) is 0. The van der Waals surface area contributed by atoms with E-state index in [1.54, 1.807) is 17.2 Å². The Bertz CT molecular complexity index is 737. The molecule has 2 fully saturated rings. The summed E-state index contributed by atoms with van der Waals surface area (Å²) in [5.74, 6) is 0.619. The van der Waals surface area contributed by atoms with Crippen molar-refractivity contribution in [3.05, 3.63) is 24.1 Å². The number of hydrogen-bond acceptors (Lipinski definition) is 6. The Balaban J connectivity index is 1.54. The predicted octanol–water partition coefficient (Wildman–Crippen LogP) is 3.24. The fourth-order valence-corrected chi connectivity index (χ4v) is 4.84. The van der Waals surface area contributed by atoms with Gasteiger partial charge in [0.1, 0.15) is 17.6 Å². The third-order valence-corrected chi connectivity index (χ3v) is 6.55. The van der Waals surface area contributed by atoms with Crippen molar-refractivity contribution < 1.29 is 19.1 Å². The van der Waals surface area contributed by atoms with Crippen LogP contribution < -0.4 is 10.6 Å². The molecule has 2 amide bonds. The van der Waals surface area contributed by atoms with Crippen molar-refractivity contribution in [2.24, 2.45) is 5.92 Å². The molecule has 0 unspecified atom stereocenters. The molecule has 3 rings (SSSR count). The van der Waals surface area contributed by atoms with Crippen molar-refractivity contribution in [3.63, 3.8) is 0 Å². The van der Waals surface area contributed by atoms with Crippen molar-refractivity contribution in [2.45, 2.75) is 89.9 Å². The second-order valence-corrected chi connectivity index (χ2v) is 9.61. The molecule has 1 heterocycles. The Labute approximate surface area is 197 Å². The van der Waals surface area contributed by atoms with Gasteiger partial charge < -0.3 is 25.0 Å². The molecule has 184 valence electrons. The van der Waals surface area contributed by atoms with E-state index in [1.807, 2.05) is 13.8 Å². The zero-order valence-electron chi connectivity index (χ0n) is 20.1. The van der Waals surface area contributed by atoms with Crippen LogP contribution in [-0.2, 0) is 19.1 Å². The van der Waals surface area contributed by atoms with Crippen molar-refractivity contribution >= 4 is 17.6 Å². The fraction of sp³-hybridized carbons (Fsp3) is 0.720. The van der Waals surface area contributed by atoms with Crippen molar-refractivity contribution in [2.75, 3.05) is 19.7 Å². The molecule has 1 aliphatic heterocycles. The molecule has 0 aromatic carbocycles. The number of ether oxygens (including phenoxy) is 2. The summed E-state index contributed by atoms with van der Waals surface area (Å²) in [4.78, 5) is 27.6. The lowest BCUT2D eigenvalue weighted by Gasteiger charge is -2.29. The first-order valence-electron chi connectivity index (χ1n) is 12.5. The third kappa shape index (κ3) is 8.18. The SMILES string of the molecule is CC(C)OCCN/C=C\C(=N)NC(=O)[C@H](CC1CCCC1)N1CC(OC2CCCC2)=CC1=O. The first kappa shape index (κ1) is 25.3. The van der Waals surface area contributed by atoms with Crippen LogP contribution in [0, 0.1) is 11.3 Å². The molecule has 8 nitrogen and oxygen atoms in total. The number of amides is 2. The largest absolute Gasteiger partial charge is 0.493 e. The lowest BCUT2D eigenvalue weighted by atomic mass is 9.96. The molecule has 33 heavy (non-hydrogen) atoms. The molecule has 0 spiro atoms. The van der Waals surface area contributed by atoms with E-state index < -0.39 is 6.04 Å². The molecule has 0 aromatic heterocycles. The Kier molecular flexibility index (Phi) is 9.78. The maximum Gasteiger partial charge on any atom is 0.251 e. The van der Waals surface area contributed by atoms with Gasteiger partial charge in [0.05, 0.1) is 25.4 Å². The second-order valence-electron chi connectivity index (χ2n) is 9.61. The summed E-state index contributed by atoms with van der Waals surface area (Å²) in [6.45, 7) is 5.49. The summed E-state index contributed by atoms with van der Waals surface area (Å²) in [7, 11) is 0. The van der Waals surface area contributed by atoms with E-state index >= 15 is 0 Å². The molecule has 3 aliphatic rings. The lowest BCUT2D eigenvalue weighted by Crippen LogP contribution is -2.50. The molecule has 1 atom stereocenters. The Hall–Kier alpha value is -2.35. The Morgan fingerprint density at radius 1 is 1.21 bits per heavy atom. The van der Waals surface area contributed by atoms with E-state index in [0.717, 1.165) is 38.5 Å². The maximum atomic E-state index is 13.2. The molecule has 0 aromatic rings. The molecule has 0 bridgehead atoms. The second kappa shape index (κ2) is 12.8. The topological polar surface area (TPSA) is 104 Å².